The summed E-state index contributed by atoms with van der Waals surface area (Å²) in [6.07, 6.45) is 1.56. The number of hydrogen-bond acceptors (Lipinski definition) is 5. The molecule has 7 heteroatoms. The van der Waals surface area contributed by atoms with Crippen LogP contribution in [0.5, 0.6) is 5.75 Å². The highest BCUT2D eigenvalue weighted by molar-refractivity contribution is 5.91. The fourth-order valence-electron chi connectivity index (χ4n) is 2.86. The predicted molar refractivity (Wildman–Crippen MR) is 104 cm³/mol. The summed E-state index contributed by atoms with van der Waals surface area (Å²) < 4.78 is 11.8. The molecule has 0 spiro atoms. The van der Waals surface area contributed by atoms with Gasteiger partial charge in [0.2, 0.25) is 5.91 Å². The Bertz CT molecular complexity index is 1060. The van der Waals surface area contributed by atoms with E-state index in [0.717, 1.165) is 22.7 Å². The zero-order valence-corrected chi connectivity index (χ0v) is 15.2. The van der Waals surface area contributed by atoms with Crippen LogP contribution in [-0.2, 0) is 11.2 Å². The molecule has 0 bridgehead atoms. The average Bonchev–Trinajstić information content (AvgIpc) is 3.38. The molecular formula is C21H18N4O3. The highest BCUT2D eigenvalue weighted by Gasteiger charge is 2.14. The maximum absolute atomic E-state index is 12.3. The van der Waals surface area contributed by atoms with Gasteiger partial charge in [0.1, 0.15) is 12.0 Å². The van der Waals surface area contributed by atoms with Crippen molar-refractivity contribution in [1.29, 1.82) is 0 Å². The summed E-state index contributed by atoms with van der Waals surface area (Å²) in [5, 5.41) is 11.2. The predicted octanol–water partition coefficient (Wildman–Crippen LogP) is 3.72. The third-order valence-corrected chi connectivity index (χ3v) is 4.20. The van der Waals surface area contributed by atoms with Crippen LogP contribution >= 0.6 is 0 Å². The van der Waals surface area contributed by atoms with Gasteiger partial charge in [0.25, 0.3) is 0 Å². The standard InChI is InChI=1S/C21H18N4O3/c1-27-18-9-7-17(8-10-18)25-19(15-5-3-2-4-6-15)14-20(23-25)22-21(26)13-16-11-12-28-24-16/h2-12,14H,13H2,1H3,(H,22,23,26). The quantitative estimate of drug-likeness (QED) is 0.556. The van der Waals surface area contributed by atoms with E-state index in [9.17, 15) is 4.79 Å². The summed E-state index contributed by atoms with van der Waals surface area (Å²) in [7, 11) is 1.63. The van der Waals surface area contributed by atoms with Crippen molar-refractivity contribution in [3.8, 4) is 22.7 Å². The molecule has 4 aromatic rings. The highest BCUT2D eigenvalue weighted by atomic mass is 16.5. The largest absolute Gasteiger partial charge is 0.497 e. The molecule has 2 aromatic heterocycles. The van der Waals surface area contributed by atoms with Crippen molar-refractivity contribution in [3.63, 3.8) is 0 Å². The van der Waals surface area contributed by atoms with Crippen LogP contribution in [-0.4, -0.2) is 28.0 Å². The van der Waals surface area contributed by atoms with E-state index in [0.29, 0.717) is 11.5 Å². The Labute approximate surface area is 161 Å². The first-order valence-corrected chi connectivity index (χ1v) is 8.72. The minimum atomic E-state index is -0.215. The molecule has 2 aromatic carbocycles. The molecule has 0 aliphatic heterocycles. The van der Waals surface area contributed by atoms with Crippen molar-refractivity contribution in [3.05, 3.63) is 78.7 Å². The number of aromatic nitrogens is 3. The molecule has 0 aliphatic carbocycles. The first kappa shape index (κ1) is 17.5. The second-order valence-electron chi connectivity index (χ2n) is 6.11. The lowest BCUT2D eigenvalue weighted by Crippen LogP contribution is -2.15. The second-order valence-corrected chi connectivity index (χ2v) is 6.11. The third kappa shape index (κ3) is 3.78. The fraction of sp³-hybridized carbons (Fsp3) is 0.0952. The van der Waals surface area contributed by atoms with Crippen molar-refractivity contribution >= 4 is 11.7 Å². The monoisotopic (exact) mass is 374 g/mol. The Hall–Kier alpha value is -3.87. The molecule has 0 saturated heterocycles. The Morgan fingerprint density at radius 3 is 2.57 bits per heavy atom. The van der Waals surface area contributed by atoms with Crippen molar-refractivity contribution in [1.82, 2.24) is 14.9 Å². The van der Waals surface area contributed by atoms with Gasteiger partial charge in [-0.1, -0.05) is 35.5 Å². The number of hydrogen-bond donors (Lipinski definition) is 1. The van der Waals surface area contributed by atoms with E-state index in [-0.39, 0.29) is 12.3 Å². The number of anilines is 1. The van der Waals surface area contributed by atoms with E-state index in [1.807, 2.05) is 60.7 Å². The Morgan fingerprint density at radius 1 is 1.11 bits per heavy atom. The molecule has 2 heterocycles. The maximum Gasteiger partial charge on any atom is 0.231 e. The number of amides is 1. The number of carbonyl (C=O) groups is 1. The summed E-state index contributed by atoms with van der Waals surface area (Å²) in [5.41, 5.74) is 3.28. The number of benzene rings is 2. The molecule has 0 radical (unpaired) electrons. The van der Waals surface area contributed by atoms with Crippen LogP contribution in [0, 0.1) is 0 Å². The first-order valence-electron chi connectivity index (χ1n) is 8.72. The molecule has 0 fully saturated rings. The molecule has 28 heavy (non-hydrogen) atoms. The summed E-state index contributed by atoms with van der Waals surface area (Å²) in [5.74, 6) is 1.01. The summed E-state index contributed by atoms with van der Waals surface area (Å²) >= 11 is 0. The van der Waals surface area contributed by atoms with Gasteiger partial charge in [0.05, 0.1) is 30.6 Å². The van der Waals surface area contributed by atoms with Crippen LogP contribution in [0.15, 0.2) is 77.5 Å². The maximum atomic E-state index is 12.3. The molecule has 0 unspecified atom stereocenters. The van der Waals surface area contributed by atoms with Crippen LogP contribution in [0.1, 0.15) is 5.69 Å². The first-order chi connectivity index (χ1) is 13.7. The Kier molecular flexibility index (Phi) is 4.88. The molecule has 7 nitrogen and oxygen atoms in total. The summed E-state index contributed by atoms with van der Waals surface area (Å²) in [6, 6.07) is 21.0. The minimum Gasteiger partial charge on any atom is -0.497 e. The van der Waals surface area contributed by atoms with Crippen LogP contribution in [0.3, 0.4) is 0 Å². The van der Waals surface area contributed by atoms with E-state index < -0.39 is 0 Å². The SMILES string of the molecule is COc1ccc(-n2nc(NC(=O)Cc3ccon3)cc2-c2ccccc2)cc1. The van der Waals surface area contributed by atoms with Crippen LogP contribution in [0.2, 0.25) is 0 Å². The van der Waals surface area contributed by atoms with Gasteiger partial charge in [-0.3, -0.25) is 4.79 Å². The molecule has 4 rings (SSSR count). The topological polar surface area (TPSA) is 82.2 Å². The smallest absolute Gasteiger partial charge is 0.231 e. The zero-order valence-electron chi connectivity index (χ0n) is 15.2. The number of rotatable bonds is 6. The van der Waals surface area contributed by atoms with Gasteiger partial charge in [-0.05, 0) is 24.3 Å². The molecule has 1 amide bonds. The van der Waals surface area contributed by atoms with Crippen molar-refractivity contribution in [2.75, 3.05) is 12.4 Å². The van der Waals surface area contributed by atoms with Crippen molar-refractivity contribution in [2.45, 2.75) is 6.42 Å². The third-order valence-electron chi connectivity index (χ3n) is 4.20. The lowest BCUT2D eigenvalue weighted by atomic mass is 10.1. The second kappa shape index (κ2) is 7.79. The van der Waals surface area contributed by atoms with Crippen LogP contribution in [0.4, 0.5) is 5.82 Å². The van der Waals surface area contributed by atoms with Crippen molar-refractivity contribution in [2.24, 2.45) is 0 Å². The van der Waals surface area contributed by atoms with Gasteiger partial charge in [0.15, 0.2) is 5.82 Å². The summed E-state index contributed by atoms with van der Waals surface area (Å²) in [6.45, 7) is 0. The Balaban J connectivity index is 1.66. The van der Waals surface area contributed by atoms with Gasteiger partial charge in [0, 0.05) is 17.7 Å². The van der Waals surface area contributed by atoms with E-state index >= 15 is 0 Å². The number of ether oxygens (including phenoxy) is 1. The molecule has 1 N–H and O–H groups in total. The van der Waals surface area contributed by atoms with Gasteiger partial charge in [-0.25, -0.2) is 4.68 Å². The molecule has 0 saturated carbocycles. The zero-order chi connectivity index (χ0) is 19.3. The number of nitrogens with one attached hydrogen (secondary N) is 1. The lowest BCUT2D eigenvalue weighted by molar-refractivity contribution is -0.115. The number of methoxy groups -OCH3 is 1. The lowest BCUT2D eigenvalue weighted by Gasteiger charge is -2.08. The molecule has 140 valence electrons. The molecule has 0 aliphatic rings. The summed E-state index contributed by atoms with van der Waals surface area (Å²) in [4.78, 5) is 12.3. The van der Waals surface area contributed by atoms with Crippen molar-refractivity contribution < 1.29 is 14.1 Å². The van der Waals surface area contributed by atoms with E-state index in [4.69, 9.17) is 9.26 Å². The fourth-order valence-corrected chi connectivity index (χ4v) is 2.86. The van der Waals surface area contributed by atoms with Crippen LogP contribution < -0.4 is 10.1 Å². The van der Waals surface area contributed by atoms with E-state index in [1.54, 1.807) is 17.9 Å². The Morgan fingerprint density at radius 2 is 1.89 bits per heavy atom. The normalized spacial score (nSPS) is 10.6. The van der Waals surface area contributed by atoms with E-state index in [1.165, 1.54) is 6.26 Å². The van der Waals surface area contributed by atoms with Gasteiger partial charge in [-0.15, -0.1) is 5.10 Å². The number of carbonyl (C=O) groups excluding carboxylic acids is 1. The highest BCUT2D eigenvalue weighted by Crippen LogP contribution is 2.27. The average molecular weight is 374 g/mol. The van der Waals surface area contributed by atoms with Gasteiger partial charge < -0.3 is 14.6 Å². The van der Waals surface area contributed by atoms with Gasteiger partial charge in [-0.2, -0.15) is 0 Å². The van der Waals surface area contributed by atoms with Gasteiger partial charge >= 0.3 is 0 Å². The minimum absolute atomic E-state index is 0.118. The molecule has 0 atom stereocenters. The molecular weight excluding hydrogens is 356 g/mol. The van der Waals surface area contributed by atoms with Crippen LogP contribution in [0.25, 0.3) is 16.9 Å². The number of nitrogens with zero attached hydrogens (tertiary/aromatic N) is 3. The van der Waals surface area contributed by atoms with E-state index in [2.05, 4.69) is 15.6 Å².